The Morgan fingerprint density at radius 2 is 2.56 bits per heavy atom. The zero-order chi connectivity index (χ0) is 6.69. The number of thiol groups is 1. The molecule has 0 unspecified atom stereocenters. The molecular formula is C6H7NS2. The molecule has 0 aliphatic heterocycles. The summed E-state index contributed by atoms with van der Waals surface area (Å²) >= 11 is 5.79. The van der Waals surface area contributed by atoms with Gasteiger partial charge in [0.05, 0.1) is 4.88 Å². The Morgan fingerprint density at radius 1 is 1.78 bits per heavy atom. The molecule has 9 heavy (non-hydrogen) atoms. The molecule has 1 rings (SSSR count). The van der Waals surface area contributed by atoms with Crippen LogP contribution in [0.25, 0.3) is 0 Å². The van der Waals surface area contributed by atoms with Gasteiger partial charge in [0.15, 0.2) is 0 Å². The molecule has 0 aliphatic carbocycles. The third-order valence-electron chi connectivity index (χ3n) is 0.953. The summed E-state index contributed by atoms with van der Waals surface area (Å²) in [5, 5.41) is 2.82. The van der Waals surface area contributed by atoms with Crippen LogP contribution in [0.4, 0.5) is 0 Å². The van der Waals surface area contributed by atoms with Gasteiger partial charge in [0.25, 0.3) is 0 Å². The minimum absolute atomic E-state index is 0.810. The van der Waals surface area contributed by atoms with Crippen LogP contribution in [0, 0.1) is 0 Å². The molecule has 0 fully saturated rings. The smallest absolute Gasteiger partial charge is 0.104 e. The molecule has 0 bridgehead atoms. The Labute approximate surface area is 63.9 Å². The summed E-state index contributed by atoms with van der Waals surface area (Å²) in [6.07, 6.45) is 0. The fraction of sp³-hybridized carbons (Fsp3) is 0.167. The Kier molecular flexibility index (Phi) is 2.30. The highest BCUT2D eigenvalue weighted by molar-refractivity contribution is 7.98. The lowest BCUT2D eigenvalue weighted by molar-refractivity contribution is 1.47. The first-order valence-electron chi connectivity index (χ1n) is 2.54. The monoisotopic (exact) mass is 157 g/mol. The number of nitrogens with zero attached hydrogens (tertiary/aromatic N) is 1. The van der Waals surface area contributed by atoms with Crippen LogP contribution < -0.4 is 0 Å². The first kappa shape index (κ1) is 6.83. The van der Waals surface area contributed by atoms with Gasteiger partial charge >= 0.3 is 0 Å². The molecule has 0 aromatic carbocycles. The fourth-order valence-corrected chi connectivity index (χ4v) is 1.41. The van der Waals surface area contributed by atoms with Crippen LogP contribution in [0.15, 0.2) is 22.5 Å². The second kappa shape index (κ2) is 3.03. The van der Waals surface area contributed by atoms with Gasteiger partial charge in [-0.05, 0) is 11.4 Å². The van der Waals surface area contributed by atoms with E-state index in [0.717, 1.165) is 9.92 Å². The number of thiophene rings is 1. The largest absolute Gasteiger partial charge is 0.281 e. The van der Waals surface area contributed by atoms with Gasteiger partial charge in [-0.1, -0.05) is 6.07 Å². The topological polar surface area (TPSA) is 12.4 Å². The maximum absolute atomic E-state index is 4.15. The molecule has 1 aromatic rings. The molecule has 1 aromatic heterocycles. The van der Waals surface area contributed by atoms with E-state index in [4.69, 9.17) is 0 Å². The van der Waals surface area contributed by atoms with Crippen molar-refractivity contribution in [1.82, 2.24) is 0 Å². The molecule has 0 saturated heterocycles. The van der Waals surface area contributed by atoms with Crippen LogP contribution in [-0.4, -0.2) is 12.1 Å². The molecule has 0 saturated carbocycles. The third kappa shape index (κ3) is 1.56. The predicted octanol–water partition coefficient (Wildman–Crippen LogP) is 2.05. The van der Waals surface area contributed by atoms with Crippen molar-refractivity contribution in [1.29, 1.82) is 0 Å². The first-order chi connectivity index (χ1) is 4.34. The van der Waals surface area contributed by atoms with E-state index < -0.39 is 0 Å². The van der Waals surface area contributed by atoms with Gasteiger partial charge in [-0.25, -0.2) is 0 Å². The lowest BCUT2D eigenvalue weighted by atomic mass is 10.5. The highest BCUT2D eigenvalue weighted by Gasteiger charge is 1.94. The summed E-state index contributed by atoms with van der Waals surface area (Å²) in [5.41, 5.74) is 0. The van der Waals surface area contributed by atoms with Gasteiger partial charge in [-0.15, -0.1) is 24.0 Å². The van der Waals surface area contributed by atoms with Crippen molar-refractivity contribution in [2.45, 2.75) is 0 Å². The standard InChI is InChI=1S/C6H7NS2/c1-7-6(8)5-3-2-4-9-5/h2-4H,1H3,(H,7,8). The number of hydrogen-bond acceptors (Lipinski definition) is 2. The van der Waals surface area contributed by atoms with Crippen LogP contribution >= 0.6 is 24.0 Å². The van der Waals surface area contributed by atoms with E-state index in [9.17, 15) is 0 Å². The Balaban J connectivity index is 2.90. The summed E-state index contributed by atoms with van der Waals surface area (Å²) in [6.45, 7) is 0. The van der Waals surface area contributed by atoms with E-state index in [-0.39, 0.29) is 0 Å². The molecule has 0 aliphatic rings. The summed E-state index contributed by atoms with van der Waals surface area (Å²) in [5.74, 6) is 0. The van der Waals surface area contributed by atoms with Crippen molar-refractivity contribution in [3.05, 3.63) is 22.4 Å². The van der Waals surface area contributed by atoms with E-state index in [1.54, 1.807) is 18.4 Å². The first-order valence-corrected chi connectivity index (χ1v) is 3.87. The van der Waals surface area contributed by atoms with Crippen molar-refractivity contribution in [2.24, 2.45) is 4.99 Å². The van der Waals surface area contributed by atoms with Crippen molar-refractivity contribution >= 4 is 29.0 Å². The zero-order valence-electron chi connectivity index (χ0n) is 5.03. The SMILES string of the molecule is C/N=C(\S)c1cccs1. The third-order valence-corrected chi connectivity index (χ3v) is 2.42. The highest BCUT2D eigenvalue weighted by Crippen LogP contribution is 2.11. The van der Waals surface area contributed by atoms with Crippen molar-refractivity contribution in [2.75, 3.05) is 7.05 Å². The predicted molar refractivity (Wildman–Crippen MR) is 45.8 cm³/mol. The molecule has 0 radical (unpaired) electrons. The van der Waals surface area contributed by atoms with Crippen molar-refractivity contribution < 1.29 is 0 Å². The number of rotatable bonds is 1. The molecular weight excluding hydrogens is 150 g/mol. The van der Waals surface area contributed by atoms with E-state index in [1.807, 2.05) is 17.5 Å². The van der Waals surface area contributed by atoms with Gasteiger partial charge in [0.2, 0.25) is 0 Å². The molecule has 1 heterocycles. The zero-order valence-corrected chi connectivity index (χ0v) is 6.75. The summed E-state index contributed by atoms with van der Waals surface area (Å²) < 4.78 is 0. The summed E-state index contributed by atoms with van der Waals surface area (Å²) in [6, 6.07) is 3.99. The molecule has 0 atom stereocenters. The van der Waals surface area contributed by atoms with E-state index >= 15 is 0 Å². The van der Waals surface area contributed by atoms with E-state index in [1.165, 1.54) is 0 Å². The molecule has 0 amide bonds. The fourth-order valence-electron chi connectivity index (χ4n) is 0.516. The molecule has 48 valence electrons. The molecule has 0 N–H and O–H groups in total. The van der Waals surface area contributed by atoms with Crippen LogP contribution in [0.5, 0.6) is 0 Å². The lowest BCUT2D eigenvalue weighted by Crippen LogP contribution is -1.82. The van der Waals surface area contributed by atoms with Gasteiger partial charge in [-0.2, -0.15) is 0 Å². The maximum Gasteiger partial charge on any atom is 0.104 e. The quantitative estimate of drug-likeness (QED) is 0.364. The van der Waals surface area contributed by atoms with Gasteiger partial charge in [0, 0.05) is 7.05 Å². The number of aliphatic imine (C=N–C) groups is 1. The second-order valence-corrected chi connectivity index (χ2v) is 2.90. The normalized spacial score (nSPS) is 12.0. The summed E-state index contributed by atoms with van der Waals surface area (Å²) in [7, 11) is 1.74. The van der Waals surface area contributed by atoms with Crippen molar-refractivity contribution in [3.63, 3.8) is 0 Å². The van der Waals surface area contributed by atoms with Crippen LogP contribution in [0.3, 0.4) is 0 Å². The Hall–Kier alpha value is -0.280. The second-order valence-electron chi connectivity index (χ2n) is 1.52. The molecule has 3 heteroatoms. The minimum atomic E-state index is 0.810. The Morgan fingerprint density at radius 3 is 3.00 bits per heavy atom. The maximum atomic E-state index is 4.15. The van der Waals surface area contributed by atoms with Crippen LogP contribution in [-0.2, 0) is 0 Å². The van der Waals surface area contributed by atoms with Crippen LogP contribution in [0.1, 0.15) is 4.88 Å². The van der Waals surface area contributed by atoms with Gasteiger partial charge < -0.3 is 0 Å². The van der Waals surface area contributed by atoms with Gasteiger partial charge in [0.1, 0.15) is 5.04 Å². The highest BCUT2D eigenvalue weighted by atomic mass is 32.1. The minimum Gasteiger partial charge on any atom is -0.281 e. The average molecular weight is 157 g/mol. The Bertz CT molecular complexity index is 201. The lowest BCUT2D eigenvalue weighted by Gasteiger charge is -1.87. The van der Waals surface area contributed by atoms with Crippen molar-refractivity contribution in [3.8, 4) is 0 Å². The number of hydrogen-bond donors (Lipinski definition) is 1. The molecule has 1 nitrogen and oxygen atoms in total. The van der Waals surface area contributed by atoms with Crippen LogP contribution in [0.2, 0.25) is 0 Å². The van der Waals surface area contributed by atoms with E-state index in [0.29, 0.717) is 0 Å². The average Bonchev–Trinajstić information content (AvgIpc) is 2.37. The van der Waals surface area contributed by atoms with E-state index in [2.05, 4.69) is 17.6 Å². The van der Waals surface area contributed by atoms with Gasteiger partial charge in [-0.3, -0.25) is 4.99 Å². The molecule has 0 spiro atoms. The summed E-state index contributed by atoms with van der Waals surface area (Å²) in [4.78, 5) is 5.05.